The van der Waals surface area contributed by atoms with Crippen molar-refractivity contribution >= 4 is 17.8 Å². The maximum Gasteiger partial charge on any atom is 0.382 e. The highest BCUT2D eigenvalue weighted by molar-refractivity contribution is 6.21. The Morgan fingerprint density at radius 1 is 1.00 bits per heavy atom. The van der Waals surface area contributed by atoms with Crippen LogP contribution in [0.25, 0.3) is 0 Å². The minimum atomic E-state index is -0.854. The van der Waals surface area contributed by atoms with Crippen LogP contribution < -0.4 is 0 Å². The molecule has 0 unspecified atom stereocenters. The third-order valence-corrected chi connectivity index (χ3v) is 3.03. The molecule has 0 aliphatic carbocycles. The van der Waals surface area contributed by atoms with Crippen molar-refractivity contribution in [2.75, 3.05) is 0 Å². The normalized spacial score (nSPS) is 13.3. The van der Waals surface area contributed by atoms with Gasteiger partial charge in [-0.15, -0.1) is 0 Å². The quantitative estimate of drug-likeness (QED) is 0.784. The molecule has 104 valence electrons. The van der Waals surface area contributed by atoms with Crippen LogP contribution in [0.2, 0.25) is 0 Å². The highest BCUT2D eigenvalue weighted by atomic mass is 16.7. The fraction of sp³-hybridized carbons (Fsp3) is 0.0667. The molecule has 0 atom stereocenters. The minimum absolute atomic E-state index is 0.0338. The van der Waals surface area contributed by atoms with E-state index < -0.39 is 17.8 Å². The summed E-state index contributed by atoms with van der Waals surface area (Å²) in [5.41, 5.74) is 1.10. The number of hydrogen-bond acceptors (Lipinski definition) is 5. The summed E-state index contributed by atoms with van der Waals surface area (Å²) < 4.78 is 0. The van der Waals surface area contributed by atoms with E-state index in [0.717, 1.165) is 0 Å². The van der Waals surface area contributed by atoms with Crippen molar-refractivity contribution in [1.29, 1.82) is 0 Å². The lowest BCUT2D eigenvalue weighted by atomic mass is 10.1. The number of aromatic nitrogens is 1. The highest BCUT2D eigenvalue weighted by Gasteiger charge is 2.38. The Morgan fingerprint density at radius 2 is 1.62 bits per heavy atom. The number of rotatable bonds is 2. The zero-order valence-corrected chi connectivity index (χ0v) is 11.1. The average molecular weight is 282 g/mol. The predicted molar refractivity (Wildman–Crippen MR) is 71.3 cm³/mol. The van der Waals surface area contributed by atoms with Gasteiger partial charge in [0.25, 0.3) is 11.8 Å². The molecule has 2 aromatic rings. The SMILES string of the molecule is Cc1cccc(C(=O)ON2C(=O)c3ccccc3C2=O)n1. The van der Waals surface area contributed by atoms with E-state index in [-0.39, 0.29) is 16.8 Å². The van der Waals surface area contributed by atoms with E-state index in [2.05, 4.69) is 4.98 Å². The van der Waals surface area contributed by atoms with Crippen LogP contribution in [0.4, 0.5) is 0 Å². The summed E-state index contributed by atoms with van der Waals surface area (Å²) in [6.07, 6.45) is 0. The summed E-state index contributed by atoms with van der Waals surface area (Å²) >= 11 is 0. The van der Waals surface area contributed by atoms with Crippen molar-refractivity contribution < 1.29 is 19.2 Å². The second-order valence-electron chi connectivity index (χ2n) is 4.49. The number of pyridine rings is 1. The Balaban J connectivity index is 1.85. The van der Waals surface area contributed by atoms with Gasteiger partial charge in [-0.3, -0.25) is 9.59 Å². The van der Waals surface area contributed by atoms with Gasteiger partial charge in [0.15, 0.2) is 5.69 Å². The molecule has 0 fully saturated rings. The van der Waals surface area contributed by atoms with Crippen LogP contribution in [-0.4, -0.2) is 27.8 Å². The smallest absolute Gasteiger partial charge is 0.323 e. The van der Waals surface area contributed by atoms with Crippen molar-refractivity contribution in [1.82, 2.24) is 10.0 Å². The predicted octanol–water partition coefficient (Wildman–Crippen LogP) is 1.76. The number of amides is 2. The van der Waals surface area contributed by atoms with Gasteiger partial charge in [0.2, 0.25) is 0 Å². The maximum atomic E-state index is 12.0. The van der Waals surface area contributed by atoms with Gasteiger partial charge in [0.1, 0.15) is 0 Å². The van der Waals surface area contributed by atoms with Crippen LogP contribution in [0.3, 0.4) is 0 Å². The summed E-state index contributed by atoms with van der Waals surface area (Å²) in [5, 5.41) is 0.469. The molecule has 0 saturated carbocycles. The molecule has 0 N–H and O–H groups in total. The third-order valence-electron chi connectivity index (χ3n) is 3.03. The minimum Gasteiger partial charge on any atom is -0.323 e. The molecule has 1 aliphatic heterocycles. The lowest BCUT2D eigenvalue weighted by molar-refractivity contribution is -0.0588. The van der Waals surface area contributed by atoms with E-state index in [4.69, 9.17) is 4.84 Å². The summed E-state index contributed by atoms with van der Waals surface area (Å²) in [7, 11) is 0. The monoisotopic (exact) mass is 282 g/mol. The second-order valence-corrected chi connectivity index (χ2v) is 4.49. The maximum absolute atomic E-state index is 12.0. The number of imide groups is 1. The summed E-state index contributed by atoms with van der Waals surface area (Å²) in [6, 6.07) is 11.1. The first kappa shape index (κ1) is 13.0. The van der Waals surface area contributed by atoms with E-state index in [0.29, 0.717) is 10.8 Å². The van der Waals surface area contributed by atoms with Gasteiger partial charge < -0.3 is 4.84 Å². The van der Waals surface area contributed by atoms with Crippen LogP contribution in [-0.2, 0) is 4.84 Å². The molecule has 2 amide bonds. The van der Waals surface area contributed by atoms with Crippen molar-refractivity contribution in [3.63, 3.8) is 0 Å². The Bertz CT molecular complexity index is 735. The fourth-order valence-corrected chi connectivity index (χ4v) is 2.04. The topological polar surface area (TPSA) is 76.6 Å². The van der Waals surface area contributed by atoms with Gasteiger partial charge >= 0.3 is 5.97 Å². The summed E-state index contributed by atoms with van der Waals surface area (Å²) in [6.45, 7) is 1.72. The van der Waals surface area contributed by atoms with Gasteiger partial charge in [-0.25, -0.2) is 9.78 Å². The third kappa shape index (κ3) is 2.16. The molecule has 1 aromatic heterocycles. The second kappa shape index (κ2) is 4.82. The fourth-order valence-electron chi connectivity index (χ4n) is 2.04. The Morgan fingerprint density at radius 3 is 2.19 bits per heavy atom. The average Bonchev–Trinajstić information content (AvgIpc) is 2.73. The van der Waals surface area contributed by atoms with E-state index >= 15 is 0 Å². The molecule has 0 saturated heterocycles. The first-order chi connectivity index (χ1) is 10.1. The van der Waals surface area contributed by atoms with Crippen LogP contribution in [0.15, 0.2) is 42.5 Å². The van der Waals surface area contributed by atoms with E-state index in [9.17, 15) is 14.4 Å². The molecule has 1 aromatic carbocycles. The molecule has 1 aliphatic rings. The largest absolute Gasteiger partial charge is 0.382 e. The number of hydrogen-bond donors (Lipinski definition) is 0. The summed E-state index contributed by atoms with van der Waals surface area (Å²) in [4.78, 5) is 44.9. The molecular weight excluding hydrogens is 272 g/mol. The molecule has 2 heterocycles. The van der Waals surface area contributed by atoms with Gasteiger partial charge in [0, 0.05) is 5.69 Å². The van der Waals surface area contributed by atoms with E-state index in [1.165, 1.54) is 18.2 Å². The van der Waals surface area contributed by atoms with Gasteiger partial charge in [-0.05, 0) is 31.2 Å². The molecule has 0 radical (unpaired) electrons. The Labute approximate surface area is 119 Å². The van der Waals surface area contributed by atoms with Gasteiger partial charge in [-0.1, -0.05) is 23.3 Å². The first-order valence-corrected chi connectivity index (χ1v) is 6.21. The number of nitrogens with zero attached hydrogens (tertiary/aromatic N) is 2. The molecule has 6 heteroatoms. The molecule has 21 heavy (non-hydrogen) atoms. The Kier molecular flexibility index (Phi) is 2.98. The van der Waals surface area contributed by atoms with Crippen molar-refractivity contribution in [2.24, 2.45) is 0 Å². The molecule has 0 spiro atoms. The lowest BCUT2D eigenvalue weighted by Crippen LogP contribution is -2.33. The zero-order valence-electron chi connectivity index (χ0n) is 11.1. The van der Waals surface area contributed by atoms with Crippen LogP contribution in [0.5, 0.6) is 0 Å². The summed E-state index contributed by atoms with van der Waals surface area (Å²) in [5.74, 6) is -2.17. The van der Waals surface area contributed by atoms with E-state index in [1.807, 2.05) is 0 Å². The molecule has 6 nitrogen and oxygen atoms in total. The number of carbonyl (C=O) groups excluding carboxylic acids is 3. The number of benzene rings is 1. The highest BCUT2D eigenvalue weighted by Crippen LogP contribution is 2.23. The molecular formula is C15H10N2O4. The van der Waals surface area contributed by atoms with Crippen LogP contribution in [0, 0.1) is 6.92 Å². The number of aryl methyl sites for hydroxylation is 1. The van der Waals surface area contributed by atoms with Crippen molar-refractivity contribution in [3.05, 3.63) is 65.0 Å². The first-order valence-electron chi connectivity index (χ1n) is 6.21. The van der Waals surface area contributed by atoms with E-state index in [1.54, 1.807) is 31.2 Å². The van der Waals surface area contributed by atoms with Crippen LogP contribution >= 0.6 is 0 Å². The van der Waals surface area contributed by atoms with Gasteiger partial charge in [0.05, 0.1) is 11.1 Å². The van der Waals surface area contributed by atoms with Crippen molar-refractivity contribution in [2.45, 2.75) is 6.92 Å². The standard InChI is InChI=1S/C15H10N2O4/c1-9-5-4-8-12(16-9)15(20)21-17-13(18)10-6-2-3-7-11(10)14(17)19/h2-8H,1H3. The van der Waals surface area contributed by atoms with Crippen LogP contribution in [0.1, 0.15) is 36.9 Å². The molecule has 3 rings (SSSR count). The number of carbonyl (C=O) groups is 3. The number of hydroxylamine groups is 2. The van der Waals surface area contributed by atoms with Crippen molar-refractivity contribution in [3.8, 4) is 0 Å². The molecule has 0 bridgehead atoms. The zero-order chi connectivity index (χ0) is 15.0. The Hall–Kier alpha value is -3.02. The number of fused-ring (bicyclic) bond motifs is 1. The lowest BCUT2D eigenvalue weighted by Gasteiger charge is -2.12. The van der Waals surface area contributed by atoms with Gasteiger partial charge in [-0.2, -0.15) is 0 Å².